The second kappa shape index (κ2) is 14.0. The summed E-state index contributed by atoms with van der Waals surface area (Å²) in [5, 5.41) is 8.31. The maximum absolute atomic E-state index is 16.7. The van der Waals surface area contributed by atoms with E-state index < -0.39 is 5.82 Å². The van der Waals surface area contributed by atoms with Gasteiger partial charge in [0.15, 0.2) is 17.4 Å². The van der Waals surface area contributed by atoms with Crippen LogP contribution < -0.4 is 14.4 Å². The van der Waals surface area contributed by atoms with Gasteiger partial charge in [-0.2, -0.15) is 0 Å². The summed E-state index contributed by atoms with van der Waals surface area (Å²) < 4.78 is 29.6. The summed E-state index contributed by atoms with van der Waals surface area (Å²) in [6, 6.07) is 13.1. The number of H-pyrrole nitrogens is 1. The van der Waals surface area contributed by atoms with E-state index in [1.165, 1.54) is 0 Å². The molecule has 0 radical (unpaired) electrons. The molecular weight excluding hydrogens is 639 g/mol. The van der Waals surface area contributed by atoms with E-state index in [4.69, 9.17) is 9.47 Å². The van der Waals surface area contributed by atoms with Crippen LogP contribution in [0.25, 0.3) is 27.6 Å². The summed E-state index contributed by atoms with van der Waals surface area (Å²) in [6.45, 7) is 5.27. The first-order valence-electron chi connectivity index (χ1n) is 16.7. The molecule has 12 nitrogen and oxygen atoms in total. The van der Waals surface area contributed by atoms with Crippen molar-refractivity contribution < 1.29 is 23.5 Å². The van der Waals surface area contributed by atoms with E-state index in [2.05, 4.69) is 25.2 Å². The zero-order chi connectivity index (χ0) is 34.8. The van der Waals surface area contributed by atoms with Crippen molar-refractivity contribution in [2.45, 2.75) is 26.3 Å². The minimum absolute atomic E-state index is 0.0398. The molecule has 3 aromatic heterocycles. The first kappa shape index (κ1) is 32.8. The molecule has 2 aromatic carbocycles. The molecule has 0 spiro atoms. The maximum Gasteiger partial charge on any atom is 0.270 e. The van der Waals surface area contributed by atoms with Crippen LogP contribution >= 0.6 is 0 Å². The third-order valence-corrected chi connectivity index (χ3v) is 9.41. The van der Waals surface area contributed by atoms with Crippen LogP contribution in [0.15, 0.2) is 67.1 Å². The fourth-order valence-corrected chi connectivity index (χ4v) is 6.79. The molecule has 1 fully saturated rings. The molecule has 0 atom stereocenters. The van der Waals surface area contributed by atoms with Crippen molar-refractivity contribution in [2.24, 2.45) is 0 Å². The predicted molar refractivity (Wildman–Crippen MR) is 188 cm³/mol. The number of carbonyl (C=O) groups is 2. The lowest BCUT2D eigenvalue weighted by molar-refractivity contribution is -0.131. The molecular formula is C37H39FN8O4. The lowest BCUT2D eigenvalue weighted by Crippen LogP contribution is -2.49. The van der Waals surface area contributed by atoms with E-state index >= 15 is 4.39 Å². The molecule has 5 aromatic rings. The summed E-state index contributed by atoms with van der Waals surface area (Å²) in [4.78, 5) is 40.5. The molecule has 2 amide bonds. The van der Waals surface area contributed by atoms with E-state index in [1.54, 1.807) is 47.2 Å². The number of benzene rings is 2. The minimum atomic E-state index is -0.469. The van der Waals surface area contributed by atoms with Crippen molar-refractivity contribution in [1.29, 1.82) is 0 Å². The number of anilines is 1. The number of ether oxygens (including phenoxy) is 2. The Morgan fingerprint density at radius 2 is 1.74 bits per heavy atom. The van der Waals surface area contributed by atoms with E-state index in [1.807, 2.05) is 55.6 Å². The van der Waals surface area contributed by atoms with E-state index in [9.17, 15) is 9.59 Å². The summed E-state index contributed by atoms with van der Waals surface area (Å²) in [7, 11) is 3.22. The van der Waals surface area contributed by atoms with Crippen molar-refractivity contribution in [2.75, 3.05) is 58.4 Å². The van der Waals surface area contributed by atoms with Crippen molar-refractivity contribution in [1.82, 2.24) is 34.8 Å². The highest BCUT2D eigenvalue weighted by Gasteiger charge is 2.29. The summed E-state index contributed by atoms with van der Waals surface area (Å²) in [5.41, 5.74) is 4.11. The SMILES string of the molecule is COc1ccccc1-c1cc(C2=CCCN(C(=O)CCn3ccnn3)C2)c(F)c2[nH]c(C(=O)N3CCN(c4ncc(C)cc4OC)CC3)cc12. The summed E-state index contributed by atoms with van der Waals surface area (Å²) in [6.07, 6.45) is 7.94. The fourth-order valence-electron chi connectivity index (χ4n) is 6.79. The number of piperazine rings is 1. The van der Waals surface area contributed by atoms with E-state index in [-0.39, 0.29) is 30.3 Å². The van der Waals surface area contributed by atoms with Gasteiger partial charge in [0, 0.05) is 74.6 Å². The van der Waals surface area contributed by atoms with E-state index in [0.29, 0.717) is 79.4 Å². The topological polar surface area (TPSA) is 122 Å². The third-order valence-electron chi connectivity index (χ3n) is 9.41. The Balaban J connectivity index is 1.18. The lowest BCUT2D eigenvalue weighted by Gasteiger charge is -2.35. The number of pyridine rings is 1. The summed E-state index contributed by atoms with van der Waals surface area (Å²) in [5.74, 6) is 1.35. The normalized spacial score (nSPS) is 15.0. The van der Waals surface area contributed by atoms with Crippen molar-refractivity contribution in [3.05, 3.63) is 89.8 Å². The molecule has 50 heavy (non-hydrogen) atoms. The molecule has 258 valence electrons. The molecule has 2 aliphatic rings. The van der Waals surface area contributed by atoms with Gasteiger partial charge >= 0.3 is 0 Å². The van der Waals surface area contributed by atoms with Crippen LogP contribution in [0.5, 0.6) is 11.5 Å². The van der Waals surface area contributed by atoms with Crippen molar-refractivity contribution in [3.8, 4) is 22.6 Å². The minimum Gasteiger partial charge on any atom is -0.496 e. The van der Waals surface area contributed by atoms with Gasteiger partial charge in [0.05, 0.1) is 32.5 Å². The zero-order valence-electron chi connectivity index (χ0n) is 28.4. The number of para-hydroxylation sites is 1. The fraction of sp³-hybridized carbons (Fsp3) is 0.324. The average molecular weight is 679 g/mol. The second-order valence-corrected chi connectivity index (χ2v) is 12.5. The van der Waals surface area contributed by atoms with Crippen LogP contribution in [0.1, 0.15) is 34.5 Å². The number of rotatable bonds is 9. The number of aromatic amines is 1. The van der Waals surface area contributed by atoms with Crippen molar-refractivity contribution in [3.63, 3.8) is 0 Å². The molecule has 0 bridgehead atoms. The van der Waals surface area contributed by atoms with Crippen LogP contribution in [-0.2, 0) is 11.3 Å². The van der Waals surface area contributed by atoms with Crippen LogP contribution in [0.3, 0.4) is 0 Å². The number of fused-ring (bicyclic) bond motifs is 1. The van der Waals surface area contributed by atoms with Gasteiger partial charge < -0.3 is 29.2 Å². The monoisotopic (exact) mass is 678 g/mol. The molecule has 1 N–H and O–H groups in total. The van der Waals surface area contributed by atoms with Gasteiger partial charge in [0.2, 0.25) is 5.91 Å². The molecule has 5 heterocycles. The lowest BCUT2D eigenvalue weighted by atomic mass is 9.93. The van der Waals surface area contributed by atoms with Gasteiger partial charge in [-0.3, -0.25) is 14.3 Å². The van der Waals surface area contributed by atoms with Crippen molar-refractivity contribution >= 4 is 34.1 Å². The average Bonchev–Trinajstić information content (AvgIpc) is 3.85. The number of aromatic nitrogens is 5. The zero-order valence-corrected chi connectivity index (χ0v) is 28.4. The highest BCUT2D eigenvalue weighted by molar-refractivity contribution is 6.05. The number of hydrogen-bond donors (Lipinski definition) is 1. The van der Waals surface area contributed by atoms with Crippen LogP contribution in [0.2, 0.25) is 0 Å². The third kappa shape index (κ3) is 6.38. The van der Waals surface area contributed by atoms with Gasteiger partial charge in [-0.25, -0.2) is 9.37 Å². The number of halogens is 1. The Kier molecular flexibility index (Phi) is 9.20. The quantitative estimate of drug-likeness (QED) is 0.233. The van der Waals surface area contributed by atoms with Gasteiger partial charge in [-0.15, -0.1) is 5.10 Å². The number of methoxy groups -OCH3 is 2. The highest BCUT2D eigenvalue weighted by atomic mass is 19.1. The van der Waals surface area contributed by atoms with Crippen LogP contribution in [0.4, 0.5) is 10.2 Å². The Bertz CT molecular complexity index is 2070. The second-order valence-electron chi connectivity index (χ2n) is 12.5. The summed E-state index contributed by atoms with van der Waals surface area (Å²) >= 11 is 0. The van der Waals surface area contributed by atoms with Gasteiger partial charge in [0.25, 0.3) is 5.91 Å². The van der Waals surface area contributed by atoms with Gasteiger partial charge in [0.1, 0.15) is 11.4 Å². The van der Waals surface area contributed by atoms with E-state index in [0.717, 1.165) is 22.5 Å². The van der Waals surface area contributed by atoms with Crippen LogP contribution in [0, 0.1) is 12.7 Å². The number of carbonyl (C=O) groups excluding carboxylic acids is 2. The number of nitrogens with one attached hydrogen (secondary N) is 1. The molecule has 7 rings (SSSR count). The standard InChI is InChI=1S/C37H39FN8O4/c1-24-19-32(50-3)36(39-22-24)43-15-17-44(18-16-43)37(48)30-21-29-28(26-8-4-5-9-31(26)49-2)20-27(34(38)35(29)41-30)25-7-6-12-45(23-25)33(47)10-13-46-14-11-40-42-46/h4-5,7-9,11,14,19-22,41H,6,10,12-13,15-18,23H2,1-3H3. The molecule has 0 aliphatic carbocycles. The predicted octanol–water partition coefficient (Wildman–Crippen LogP) is 4.95. The Hall–Kier alpha value is -5.72. The van der Waals surface area contributed by atoms with Gasteiger partial charge in [-0.05, 0) is 54.3 Å². The number of hydrogen-bond acceptors (Lipinski definition) is 8. The molecule has 1 saturated heterocycles. The Morgan fingerprint density at radius 1 is 0.940 bits per heavy atom. The smallest absolute Gasteiger partial charge is 0.270 e. The highest BCUT2D eigenvalue weighted by Crippen LogP contribution is 2.40. The largest absolute Gasteiger partial charge is 0.496 e. The Morgan fingerprint density at radius 3 is 2.50 bits per heavy atom. The molecule has 2 aliphatic heterocycles. The maximum atomic E-state index is 16.7. The molecule has 13 heteroatoms. The first-order chi connectivity index (χ1) is 24.3. The van der Waals surface area contributed by atoms with Gasteiger partial charge in [-0.1, -0.05) is 29.5 Å². The number of amides is 2. The number of aryl methyl sites for hydroxylation is 2. The number of nitrogens with zero attached hydrogens (tertiary/aromatic N) is 7. The molecule has 0 saturated carbocycles. The van der Waals surface area contributed by atoms with Crippen LogP contribution in [-0.4, -0.2) is 100 Å². The Labute approximate surface area is 289 Å². The first-order valence-corrected chi connectivity index (χ1v) is 16.7. The molecule has 0 unspecified atom stereocenters.